The van der Waals surface area contributed by atoms with Crippen molar-refractivity contribution < 1.29 is 4.79 Å². The molecule has 6 heteroatoms. The standard InChI is InChI=1S/C18H17ClN4O/c1-12-14(13-6-2-4-8-16(13)22-12)10-21-23-18(24)11-20-17-9-5-3-7-15(17)19/h2-10,20,22H,11H2,1H3,(H,23,24)/b21-10+. The number of nitrogens with zero attached hydrogens (tertiary/aromatic N) is 1. The van der Waals surface area contributed by atoms with Gasteiger partial charge in [-0.2, -0.15) is 5.10 Å². The van der Waals surface area contributed by atoms with Crippen LogP contribution in [0.1, 0.15) is 11.3 Å². The van der Waals surface area contributed by atoms with Gasteiger partial charge in [0.1, 0.15) is 0 Å². The number of anilines is 1. The lowest BCUT2D eigenvalue weighted by Gasteiger charge is -2.06. The van der Waals surface area contributed by atoms with Crippen molar-refractivity contribution in [3.8, 4) is 0 Å². The third-order valence-corrected chi connectivity index (χ3v) is 3.97. The van der Waals surface area contributed by atoms with Gasteiger partial charge < -0.3 is 10.3 Å². The number of aromatic amines is 1. The van der Waals surface area contributed by atoms with Crippen LogP contribution in [0.2, 0.25) is 5.02 Å². The molecule has 0 bridgehead atoms. The summed E-state index contributed by atoms with van der Waals surface area (Å²) in [6.07, 6.45) is 1.65. The van der Waals surface area contributed by atoms with Crippen LogP contribution in [0.15, 0.2) is 53.6 Å². The normalized spacial score (nSPS) is 11.1. The van der Waals surface area contributed by atoms with E-state index in [2.05, 4.69) is 20.8 Å². The lowest BCUT2D eigenvalue weighted by atomic mass is 10.1. The number of rotatable bonds is 5. The summed E-state index contributed by atoms with van der Waals surface area (Å²) in [6.45, 7) is 2.07. The number of hydrogen-bond donors (Lipinski definition) is 3. The van der Waals surface area contributed by atoms with E-state index >= 15 is 0 Å². The minimum Gasteiger partial charge on any atom is -0.375 e. The van der Waals surface area contributed by atoms with E-state index in [1.165, 1.54) is 0 Å². The predicted molar refractivity (Wildman–Crippen MR) is 98.7 cm³/mol. The number of hydrazone groups is 1. The molecule has 1 heterocycles. The van der Waals surface area contributed by atoms with Gasteiger partial charge in [0.2, 0.25) is 0 Å². The Morgan fingerprint density at radius 1 is 1.21 bits per heavy atom. The number of nitrogens with one attached hydrogen (secondary N) is 3. The van der Waals surface area contributed by atoms with Gasteiger partial charge in [-0.05, 0) is 25.1 Å². The van der Waals surface area contributed by atoms with Crippen molar-refractivity contribution >= 4 is 40.3 Å². The first-order valence-electron chi connectivity index (χ1n) is 7.53. The molecule has 0 saturated carbocycles. The molecule has 3 aromatic rings. The first kappa shape index (κ1) is 16.1. The van der Waals surface area contributed by atoms with Crippen LogP contribution in [-0.2, 0) is 4.79 Å². The second kappa shape index (κ2) is 7.19. The molecule has 0 aliphatic carbocycles. The fraction of sp³-hybridized carbons (Fsp3) is 0.111. The lowest BCUT2D eigenvalue weighted by molar-refractivity contribution is -0.119. The highest BCUT2D eigenvalue weighted by molar-refractivity contribution is 6.33. The zero-order chi connectivity index (χ0) is 16.9. The number of carbonyl (C=O) groups excluding carboxylic acids is 1. The lowest BCUT2D eigenvalue weighted by Crippen LogP contribution is -2.26. The van der Waals surface area contributed by atoms with Gasteiger partial charge >= 0.3 is 0 Å². The molecule has 122 valence electrons. The van der Waals surface area contributed by atoms with E-state index in [-0.39, 0.29) is 12.5 Å². The van der Waals surface area contributed by atoms with Crippen LogP contribution in [0.25, 0.3) is 10.9 Å². The van der Waals surface area contributed by atoms with E-state index in [0.29, 0.717) is 10.7 Å². The topological polar surface area (TPSA) is 69.3 Å². The van der Waals surface area contributed by atoms with Crippen LogP contribution in [0.4, 0.5) is 5.69 Å². The van der Waals surface area contributed by atoms with E-state index < -0.39 is 0 Å². The van der Waals surface area contributed by atoms with Crippen molar-refractivity contribution in [2.75, 3.05) is 11.9 Å². The van der Waals surface area contributed by atoms with E-state index in [1.807, 2.05) is 49.4 Å². The highest BCUT2D eigenvalue weighted by Crippen LogP contribution is 2.20. The highest BCUT2D eigenvalue weighted by Gasteiger charge is 2.06. The molecular formula is C18H17ClN4O. The number of fused-ring (bicyclic) bond motifs is 1. The summed E-state index contributed by atoms with van der Waals surface area (Å²) < 4.78 is 0. The number of hydrogen-bond acceptors (Lipinski definition) is 3. The van der Waals surface area contributed by atoms with Gasteiger partial charge in [0.25, 0.3) is 5.91 Å². The maximum Gasteiger partial charge on any atom is 0.259 e. The summed E-state index contributed by atoms with van der Waals surface area (Å²) in [5.41, 5.74) is 6.24. The number of carbonyl (C=O) groups is 1. The Kier molecular flexibility index (Phi) is 4.82. The number of H-pyrrole nitrogens is 1. The van der Waals surface area contributed by atoms with Crippen LogP contribution < -0.4 is 10.7 Å². The molecule has 5 nitrogen and oxygen atoms in total. The predicted octanol–water partition coefficient (Wildman–Crippen LogP) is 3.69. The van der Waals surface area contributed by atoms with Gasteiger partial charge in [0, 0.05) is 22.2 Å². The zero-order valence-electron chi connectivity index (χ0n) is 13.1. The quantitative estimate of drug-likeness (QED) is 0.489. The summed E-state index contributed by atoms with van der Waals surface area (Å²) in [7, 11) is 0. The molecule has 3 N–H and O–H groups in total. The van der Waals surface area contributed by atoms with Gasteiger partial charge in [-0.3, -0.25) is 4.79 Å². The summed E-state index contributed by atoms with van der Waals surface area (Å²) in [5.74, 6) is -0.247. The molecule has 0 atom stereocenters. The Morgan fingerprint density at radius 3 is 2.79 bits per heavy atom. The summed E-state index contributed by atoms with van der Waals surface area (Å²) in [6, 6.07) is 15.2. The van der Waals surface area contributed by atoms with Crippen LogP contribution in [-0.4, -0.2) is 23.7 Å². The second-order valence-electron chi connectivity index (χ2n) is 5.34. The highest BCUT2D eigenvalue weighted by atomic mass is 35.5. The van der Waals surface area contributed by atoms with Crippen molar-refractivity contribution in [2.24, 2.45) is 5.10 Å². The van der Waals surface area contributed by atoms with E-state index in [0.717, 1.165) is 22.2 Å². The Bertz CT molecular complexity index is 901. The number of halogens is 1. The minimum absolute atomic E-state index is 0.0912. The molecule has 0 aliphatic rings. The van der Waals surface area contributed by atoms with Crippen molar-refractivity contribution in [1.82, 2.24) is 10.4 Å². The average molecular weight is 341 g/mol. The van der Waals surface area contributed by atoms with Crippen LogP contribution in [0, 0.1) is 6.92 Å². The van der Waals surface area contributed by atoms with E-state index in [9.17, 15) is 4.79 Å². The molecule has 0 fully saturated rings. The van der Waals surface area contributed by atoms with Crippen molar-refractivity contribution in [3.05, 3.63) is 64.8 Å². The number of amides is 1. The number of benzene rings is 2. The third kappa shape index (κ3) is 3.58. The van der Waals surface area contributed by atoms with E-state index in [4.69, 9.17) is 11.6 Å². The smallest absolute Gasteiger partial charge is 0.259 e. The van der Waals surface area contributed by atoms with Crippen molar-refractivity contribution in [1.29, 1.82) is 0 Å². The molecule has 0 radical (unpaired) electrons. The molecule has 24 heavy (non-hydrogen) atoms. The number of aryl methyl sites for hydroxylation is 1. The molecule has 2 aromatic carbocycles. The van der Waals surface area contributed by atoms with Crippen molar-refractivity contribution in [3.63, 3.8) is 0 Å². The van der Waals surface area contributed by atoms with Gasteiger partial charge in [0.15, 0.2) is 0 Å². The van der Waals surface area contributed by atoms with Crippen LogP contribution in [0.5, 0.6) is 0 Å². The molecular weight excluding hydrogens is 324 g/mol. The maximum atomic E-state index is 11.9. The molecule has 0 unspecified atom stereocenters. The number of aromatic nitrogens is 1. The molecule has 0 spiro atoms. The van der Waals surface area contributed by atoms with Gasteiger partial charge in [-0.1, -0.05) is 41.9 Å². The van der Waals surface area contributed by atoms with E-state index in [1.54, 1.807) is 12.3 Å². The summed E-state index contributed by atoms with van der Waals surface area (Å²) >= 11 is 6.03. The first-order chi connectivity index (χ1) is 11.6. The molecule has 3 rings (SSSR count). The van der Waals surface area contributed by atoms with Gasteiger partial charge in [-0.25, -0.2) is 5.43 Å². The molecule has 1 amide bonds. The Labute approximate surface area is 144 Å². The van der Waals surface area contributed by atoms with Crippen molar-refractivity contribution in [2.45, 2.75) is 6.92 Å². The van der Waals surface area contributed by atoms with Gasteiger partial charge in [-0.15, -0.1) is 0 Å². The third-order valence-electron chi connectivity index (χ3n) is 3.64. The van der Waals surface area contributed by atoms with Gasteiger partial charge in [0.05, 0.1) is 23.5 Å². The number of para-hydroxylation sites is 2. The largest absolute Gasteiger partial charge is 0.375 e. The summed E-state index contributed by atoms with van der Waals surface area (Å²) in [5, 5.41) is 8.66. The average Bonchev–Trinajstić information content (AvgIpc) is 2.90. The Hall–Kier alpha value is -2.79. The first-order valence-corrected chi connectivity index (χ1v) is 7.90. The maximum absolute atomic E-state index is 11.9. The molecule has 0 aliphatic heterocycles. The monoisotopic (exact) mass is 340 g/mol. The summed E-state index contributed by atoms with van der Waals surface area (Å²) in [4.78, 5) is 15.2. The van der Waals surface area contributed by atoms with Crippen LogP contribution >= 0.6 is 11.6 Å². The fourth-order valence-electron chi connectivity index (χ4n) is 2.45. The Morgan fingerprint density at radius 2 is 1.96 bits per heavy atom. The zero-order valence-corrected chi connectivity index (χ0v) is 13.9. The second-order valence-corrected chi connectivity index (χ2v) is 5.74. The molecule has 0 saturated heterocycles. The molecule has 1 aromatic heterocycles. The van der Waals surface area contributed by atoms with Crippen LogP contribution in [0.3, 0.4) is 0 Å². The minimum atomic E-state index is -0.247. The fourth-order valence-corrected chi connectivity index (χ4v) is 2.66. The Balaban J connectivity index is 1.60. The SMILES string of the molecule is Cc1[nH]c2ccccc2c1/C=N/NC(=O)CNc1ccccc1Cl.